The van der Waals surface area contributed by atoms with Crippen LogP contribution in [0.5, 0.6) is 0 Å². The monoisotopic (exact) mass is 286 g/mol. The minimum absolute atomic E-state index is 0.264. The Morgan fingerprint density at radius 3 is 2.21 bits per heavy atom. The summed E-state index contributed by atoms with van der Waals surface area (Å²) in [4.78, 5) is 9.83. The van der Waals surface area contributed by atoms with E-state index in [9.17, 15) is 4.79 Å². The van der Waals surface area contributed by atoms with Crippen molar-refractivity contribution in [2.24, 2.45) is 0 Å². The van der Waals surface area contributed by atoms with Crippen molar-refractivity contribution in [3.63, 3.8) is 0 Å². The van der Waals surface area contributed by atoms with E-state index in [1.807, 2.05) is 0 Å². The second kappa shape index (κ2) is 9.32. The lowest BCUT2D eigenvalue weighted by Crippen LogP contribution is -2.43. The first-order valence-corrected chi connectivity index (χ1v) is 10.1. The first-order valence-electron chi connectivity index (χ1n) is 7.53. The predicted octanol–water partition coefficient (Wildman–Crippen LogP) is 4.60. The van der Waals surface area contributed by atoms with Crippen LogP contribution in [0.2, 0.25) is 18.1 Å². The van der Waals surface area contributed by atoms with Crippen LogP contribution in [0.15, 0.2) is 12.2 Å². The Kier molecular flexibility index (Phi) is 9.02. The van der Waals surface area contributed by atoms with Gasteiger partial charge in [0.05, 0.1) is 0 Å². The third-order valence-electron chi connectivity index (χ3n) is 4.05. The summed E-state index contributed by atoms with van der Waals surface area (Å²) >= 11 is 0. The Bertz CT molecular complexity index is 285. The zero-order valence-corrected chi connectivity index (χ0v) is 14.0. The molecule has 0 amide bonds. The van der Waals surface area contributed by atoms with Gasteiger partial charge in [-0.1, -0.05) is 40.7 Å². The molecular weight excluding hydrogens is 256 g/mol. The largest absolute Gasteiger partial charge is 0.478 e. The molecule has 1 aliphatic rings. The maximum atomic E-state index is 9.83. The van der Waals surface area contributed by atoms with E-state index in [1.165, 1.54) is 37.4 Å². The van der Waals surface area contributed by atoms with E-state index in [0.717, 1.165) is 0 Å². The fraction of sp³-hybridized carbons (Fsp3) is 0.800. The van der Waals surface area contributed by atoms with Crippen LogP contribution < -0.4 is 0 Å². The number of hydrogen-bond donors (Lipinski definition) is 1. The number of aliphatic carboxylic acids is 1. The van der Waals surface area contributed by atoms with Crippen LogP contribution in [0.3, 0.4) is 0 Å². The van der Waals surface area contributed by atoms with Gasteiger partial charge in [-0.15, -0.1) is 0 Å². The summed E-state index contributed by atoms with van der Waals surface area (Å²) in [5.74, 6) is -0.900. The van der Waals surface area contributed by atoms with Crippen molar-refractivity contribution >= 4 is 14.3 Å². The average Bonchev–Trinajstić information content (AvgIpc) is 2.46. The first-order chi connectivity index (χ1) is 8.94. The summed E-state index contributed by atoms with van der Waals surface area (Å²) in [6.07, 6.45) is 5.08. The Labute approximate surface area is 119 Å². The molecule has 1 fully saturated rings. The van der Waals surface area contributed by atoms with Crippen LogP contribution in [0, 0.1) is 0 Å². The maximum Gasteiger partial charge on any atom is 0.330 e. The van der Waals surface area contributed by atoms with E-state index in [0.29, 0.717) is 12.5 Å². The highest BCUT2D eigenvalue weighted by Crippen LogP contribution is 2.32. The van der Waals surface area contributed by atoms with Gasteiger partial charge < -0.3 is 9.53 Å². The Hall–Kier alpha value is -0.613. The molecule has 0 aromatic carbocycles. The van der Waals surface area contributed by atoms with E-state index < -0.39 is 14.3 Å². The van der Waals surface area contributed by atoms with Crippen molar-refractivity contribution in [3.05, 3.63) is 12.2 Å². The van der Waals surface area contributed by atoms with Crippen molar-refractivity contribution < 1.29 is 14.3 Å². The maximum absolute atomic E-state index is 9.83. The molecule has 1 N–H and O–H groups in total. The molecule has 0 radical (unpaired) electrons. The summed E-state index contributed by atoms with van der Waals surface area (Å²) in [7, 11) is -1.21. The van der Waals surface area contributed by atoms with Gasteiger partial charge in [-0.05, 0) is 37.4 Å². The molecule has 1 heterocycles. The topological polar surface area (TPSA) is 46.5 Å². The van der Waals surface area contributed by atoms with Gasteiger partial charge in [0.25, 0.3) is 0 Å². The normalized spacial score (nSPS) is 21.2. The second-order valence-corrected chi connectivity index (χ2v) is 9.71. The smallest absolute Gasteiger partial charge is 0.330 e. The van der Waals surface area contributed by atoms with Crippen molar-refractivity contribution in [1.82, 2.24) is 0 Å². The summed E-state index contributed by atoms with van der Waals surface area (Å²) < 4.78 is 6.26. The standard InChI is InChI=1S/C10H22OSi.C5H8O2/c1-4-10-8-7-9-12(5-2,6-3)11-10;1-3-4(2)5(6)7/h10H,4-9H2,1-3H3;2-3H2,1H3,(H,6,7). The summed E-state index contributed by atoms with van der Waals surface area (Å²) in [5.41, 5.74) is 0.264. The lowest BCUT2D eigenvalue weighted by molar-refractivity contribution is -0.132. The van der Waals surface area contributed by atoms with Crippen molar-refractivity contribution in [2.75, 3.05) is 0 Å². The predicted molar refractivity (Wildman–Crippen MR) is 83.0 cm³/mol. The second-order valence-electron chi connectivity index (χ2n) is 5.19. The number of rotatable bonds is 5. The van der Waals surface area contributed by atoms with Crippen LogP contribution >= 0.6 is 0 Å². The molecule has 112 valence electrons. The van der Waals surface area contributed by atoms with Crippen LogP contribution in [-0.4, -0.2) is 25.5 Å². The molecule has 0 spiro atoms. The number of hydrogen-bond acceptors (Lipinski definition) is 2. The first kappa shape index (κ1) is 18.4. The molecular formula is C15H30O3Si. The quantitative estimate of drug-likeness (QED) is 0.593. The highest BCUT2D eigenvalue weighted by atomic mass is 28.4. The zero-order valence-electron chi connectivity index (χ0n) is 13.0. The minimum Gasteiger partial charge on any atom is -0.478 e. The molecule has 0 bridgehead atoms. The third kappa shape index (κ3) is 6.39. The van der Waals surface area contributed by atoms with Crippen molar-refractivity contribution in [1.29, 1.82) is 0 Å². The van der Waals surface area contributed by atoms with Crippen LogP contribution in [0.25, 0.3) is 0 Å². The molecule has 0 saturated carbocycles. The van der Waals surface area contributed by atoms with Gasteiger partial charge in [0.1, 0.15) is 0 Å². The zero-order chi connectivity index (χ0) is 14.9. The van der Waals surface area contributed by atoms with Gasteiger partial charge in [0, 0.05) is 11.7 Å². The molecule has 3 nitrogen and oxygen atoms in total. The van der Waals surface area contributed by atoms with Crippen molar-refractivity contribution in [2.45, 2.75) is 77.6 Å². The summed E-state index contributed by atoms with van der Waals surface area (Å²) in [6, 6.07) is 4.05. The lowest BCUT2D eigenvalue weighted by Gasteiger charge is -2.38. The molecule has 19 heavy (non-hydrogen) atoms. The van der Waals surface area contributed by atoms with E-state index in [1.54, 1.807) is 6.92 Å². The molecule has 1 aliphatic heterocycles. The van der Waals surface area contributed by atoms with Gasteiger partial charge >= 0.3 is 5.97 Å². The molecule has 1 rings (SSSR count). The van der Waals surface area contributed by atoms with Gasteiger partial charge in [-0.25, -0.2) is 4.79 Å². The van der Waals surface area contributed by atoms with Crippen molar-refractivity contribution in [3.8, 4) is 0 Å². The lowest BCUT2D eigenvalue weighted by atomic mass is 10.2. The summed E-state index contributed by atoms with van der Waals surface area (Å²) in [5, 5.41) is 8.08. The van der Waals surface area contributed by atoms with Crippen LogP contribution in [0.1, 0.15) is 53.4 Å². The van der Waals surface area contributed by atoms with E-state index in [4.69, 9.17) is 9.53 Å². The third-order valence-corrected chi connectivity index (χ3v) is 8.72. The molecule has 0 aromatic heterocycles. The molecule has 0 aliphatic carbocycles. The fourth-order valence-corrected chi connectivity index (χ4v) is 5.83. The van der Waals surface area contributed by atoms with Crippen LogP contribution in [-0.2, 0) is 9.22 Å². The van der Waals surface area contributed by atoms with E-state index in [-0.39, 0.29) is 5.57 Å². The van der Waals surface area contributed by atoms with Gasteiger partial charge in [-0.2, -0.15) is 0 Å². The number of carboxylic acids is 1. The molecule has 0 aromatic rings. The van der Waals surface area contributed by atoms with Crippen LogP contribution in [0.4, 0.5) is 0 Å². The Morgan fingerprint density at radius 1 is 1.32 bits per heavy atom. The molecule has 1 atom stereocenters. The fourth-order valence-electron chi connectivity index (χ4n) is 2.33. The highest BCUT2D eigenvalue weighted by Gasteiger charge is 2.36. The van der Waals surface area contributed by atoms with Gasteiger partial charge in [0.2, 0.25) is 0 Å². The Balaban J connectivity index is 0.000000399. The average molecular weight is 286 g/mol. The highest BCUT2D eigenvalue weighted by molar-refractivity contribution is 6.73. The van der Waals surface area contributed by atoms with Gasteiger partial charge in [-0.3, -0.25) is 0 Å². The number of carboxylic acid groups (broad SMARTS) is 1. The summed E-state index contributed by atoms with van der Waals surface area (Å²) in [6.45, 7) is 11.9. The molecule has 1 unspecified atom stereocenters. The Morgan fingerprint density at radius 2 is 1.89 bits per heavy atom. The van der Waals surface area contributed by atoms with E-state index >= 15 is 0 Å². The van der Waals surface area contributed by atoms with Gasteiger partial charge in [0.15, 0.2) is 8.32 Å². The minimum atomic E-state index is -1.21. The number of carbonyl (C=O) groups is 1. The van der Waals surface area contributed by atoms with E-state index in [2.05, 4.69) is 27.4 Å². The molecule has 1 saturated heterocycles. The SMILES string of the molecule is C=C(CC)C(=O)O.CCC1CCC[Si](CC)(CC)O1. The molecule has 4 heteroatoms.